The first-order valence-electron chi connectivity index (χ1n) is 5.71. The van der Waals surface area contributed by atoms with E-state index in [1.165, 1.54) is 0 Å². The van der Waals surface area contributed by atoms with E-state index >= 15 is 0 Å². The van der Waals surface area contributed by atoms with Crippen LogP contribution < -0.4 is 11.1 Å². The summed E-state index contributed by atoms with van der Waals surface area (Å²) in [6.07, 6.45) is 3.05. The molecule has 0 atom stereocenters. The van der Waals surface area contributed by atoms with Crippen LogP contribution in [-0.2, 0) is 17.8 Å². The number of nitrogens with zero attached hydrogens (tertiary/aromatic N) is 3. The highest BCUT2D eigenvalue weighted by molar-refractivity contribution is 5.77. The number of nitrogens with one attached hydrogen (secondary N) is 1. The minimum Gasteiger partial charge on any atom is -0.394 e. The van der Waals surface area contributed by atoms with E-state index in [4.69, 9.17) is 5.73 Å². The molecule has 1 amide bonds. The van der Waals surface area contributed by atoms with Crippen LogP contribution in [-0.4, -0.2) is 21.2 Å². The summed E-state index contributed by atoms with van der Waals surface area (Å²) in [6, 6.07) is 5.70. The smallest absolute Gasteiger partial charge is 0.212 e. The number of carbonyl (C=O) groups excluding carboxylic acids is 1. The topological polar surface area (TPSA) is 85.8 Å². The van der Waals surface area contributed by atoms with Crippen molar-refractivity contribution in [2.24, 2.45) is 0 Å². The van der Waals surface area contributed by atoms with Crippen LogP contribution in [0.3, 0.4) is 0 Å². The predicted molar refractivity (Wildman–Crippen MR) is 69.0 cm³/mol. The normalized spacial score (nSPS) is 10.3. The van der Waals surface area contributed by atoms with E-state index in [-0.39, 0.29) is 0 Å². The fourth-order valence-corrected chi connectivity index (χ4v) is 1.82. The van der Waals surface area contributed by atoms with Crippen LogP contribution in [0, 0.1) is 0 Å². The minimum atomic E-state index is 0.401. The van der Waals surface area contributed by atoms with Gasteiger partial charge in [0.2, 0.25) is 6.41 Å². The lowest BCUT2D eigenvalue weighted by molar-refractivity contribution is -0.105. The summed E-state index contributed by atoms with van der Waals surface area (Å²) in [6.45, 7) is 2.53. The molecular weight excluding hydrogens is 230 g/mol. The lowest BCUT2D eigenvalue weighted by atomic mass is 10.2. The maximum Gasteiger partial charge on any atom is 0.212 e. The van der Waals surface area contributed by atoms with E-state index in [1.54, 1.807) is 10.9 Å². The zero-order valence-electron chi connectivity index (χ0n) is 10.1. The average Bonchev–Trinajstić information content (AvgIpc) is 2.67. The number of nitrogen functional groups attached to an aromatic ring is 1. The zero-order valence-corrected chi connectivity index (χ0v) is 10.1. The Labute approximate surface area is 105 Å². The minimum absolute atomic E-state index is 0.401. The maximum absolute atomic E-state index is 10.5. The van der Waals surface area contributed by atoms with E-state index < -0.39 is 0 Å². The van der Waals surface area contributed by atoms with Gasteiger partial charge in [-0.25, -0.2) is 0 Å². The maximum atomic E-state index is 10.5. The van der Waals surface area contributed by atoms with Gasteiger partial charge in [0.05, 0.1) is 23.6 Å². The molecule has 3 N–H and O–H groups in total. The number of aromatic nitrogens is 3. The molecule has 6 nitrogen and oxygen atoms in total. The van der Waals surface area contributed by atoms with Crippen LogP contribution in [0.15, 0.2) is 24.4 Å². The highest BCUT2D eigenvalue weighted by atomic mass is 16.1. The fourth-order valence-electron chi connectivity index (χ4n) is 1.82. The van der Waals surface area contributed by atoms with Gasteiger partial charge in [-0.1, -0.05) is 13.0 Å². The van der Waals surface area contributed by atoms with Gasteiger partial charge < -0.3 is 11.1 Å². The molecule has 0 radical (unpaired) electrons. The molecule has 0 aliphatic rings. The molecule has 0 aliphatic heterocycles. The number of nitrogens with two attached hydrogens (primary N) is 1. The Hall–Kier alpha value is -2.37. The van der Waals surface area contributed by atoms with Gasteiger partial charge in [-0.15, -0.1) is 0 Å². The number of anilines is 2. The molecule has 0 unspecified atom stereocenters. The second kappa shape index (κ2) is 5.31. The van der Waals surface area contributed by atoms with E-state index in [1.807, 2.05) is 25.1 Å². The monoisotopic (exact) mass is 245 g/mol. The Morgan fingerprint density at radius 2 is 2.33 bits per heavy atom. The molecule has 0 spiro atoms. The summed E-state index contributed by atoms with van der Waals surface area (Å²) in [5.74, 6) is 0.401. The van der Waals surface area contributed by atoms with Crippen LogP contribution in [0.1, 0.15) is 18.3 Å². The summed E-state index contributed by atoms with van der Waals surface area (Å²) in [5, 5.41) is 6.77. The van der Waals surface area contributed by atoms with Crippen LogP contribution in [0.25, 0.3) is 0 Å². The van der Waals surface area contributed by atoms with Crippen molar-refractivity contribution in [3.8, 4) is 0 Å². The molecule has 0 aliphatic carbocycles. The molecular formula is C12H15N5O. The number of rotatable bonds is 5. The lowest BCUT2D eigenvalue weighted by Crippen LogP contribution is -2.07. The second-order valence-corrected chi connectivity index (χ2v) is 3.80. The first-order valence-corrected chi connectivity index (χ1v) is 5.71. The molecule has 2 aromatic heterocycles. The molecule has 6 heteroatoms. The van der Waals surface area contributed by atoms with Crippen LogP contribution in [0.4, 0.5) is 11.5 Å². The van der Waals surface area contributed by atoms with Crippen molar-refractivity contribution in [3.05, 3.63) is 35.8 Å². The third kappa shape index (κ3) is 2.32. The third-order valence-corrected chi connectivity index (χ3v) is 2.67. The molecule has 2 heterocycles. The Morgan fingerprint density at radius 3 is 2.94 bits per heavy atom. The molecule has 94 valence electrons. The first kappa shape index (κ1) is 12.1. The van der Waals surface area contributed by atoms with Gasteiger partial charge >= 0.3 is 0 Å². The van der Waals surface area contributed by atoms with Crippen molar-refractivity contribution in [3.63, 3.8) is 0 Å². The van der Waals surface area contributed by atoms with E-state index in [9.17, 15) is 4.79 Å². The molecule has 0 bridgehead atoms. The predicted octanol–water partition coefficient (Wildman–Crippen LogP) is 1.04. The molecule has 0 fully saturated rings. The van der Waals surface area contributed by atoms with E-state index in [0.717, 1.165) is 17.8 Å². The highest BCUT2D eigenvalue weighted by Crippen LogP contribution is 2.22. The fraction of sp³-hybridized carbons (Fsp3) is 0.250. The Balaban J connectivity index is 2.32. The Bertz CT molecular complexity index is 535. The molecule has 2 rings (SSSR count). The molecule has 0 saturated heterocycles. The number of hydrogen-bond donors (Lipinski definition) is 2. The lowest BCUT2D eigenvalue weighted by Gasteiger charge is -2.05. The van der Waals surface area contributed by atoms with Crippen LogP contribution in [0.5, 0.6) is 0 Å². The summed E-state index contributed by atoms with van der Waals surface area (Å²) in [4.78, 5) is 14.7. The van der Waals surface area contributed by atoms with E-state index in [0.29, 0.717) is 24.5 Å². The van der Waals surface area contributed by atoms with Crippen molar-refractivity contribution in [2.75, 3.05) is 11.1 Å². The molecule has 2 aromatic rings. The number of hydrogen-bond acceptors (Lipinski definition) is 4. The summed E-state index contributed by atoms with van der Waals surface area (Å²) >= 11 is 0. The largest absolute Gasteiger partial charge is 0.394 e. The average molecular weight is 245 g/mol. The van der Waals surface area contributed by atoms with Gasteiger partial charge in [0.25, 0.3) is 0 Å². The molecule has 0 aromatic carbocycles. The second-order valence-electron chi connectivity index (χ2n) is 3.80. The zero-order chi connectivity index (χ0) is 13.0. The molecule has 18 heavy (non-hydrogen) atoms. The standard InChI is InChI=1S/C12H15N5O/c1-2-10-11(13)12(15-8-18)16-17(10)7-9-5-3-4-6-14-9/h3-6,8H,2,7,13H2,1H3,(H,15,16,18). The van der Waals surface area contributed by atoms with Crippen molar-refractivity contribution >= 4 is 17.9 Å². The highest BCUT2D eigenvalue weighted by Gasteiger charge is 2.13. The van der Waals surface area contributed by atoms with Gasteiger partial charge in [0.1, 0.15) is 0 Å². The van der Waals surface area contributed by atoms with Gasteiger partial charge in [0, 0.05) is 6.20 Å². The third-order valence-electron chi connectivity index (χ3n) is 2.67. The van der Waals surface area contributed by atoms with Crippen molar-refractivity contribution < 1.29 is 4.79 Å². The van der Waals surface area contributed by atoms with E-state index in [2.05, 4.69) is 15.4 Å². The number of pyridine rings is 1. The summed E-state index contributed by atoms with van der Waals surface area (Å²) < 4.78 is 1.77. The Kier molecular flexibility index (Phi) is 3.57. The Morgan fingerprint density at radius 1 is 1.50 bits per heavy atom. The van der Waals surface area contributed by atoms with Crippen molar-refractivity contribution in [1.29, 1.82) is 0 Å². The number of carbonyl (C=O) groups is 1. The van der Waals surface area contributed by atoms with Crippen LogP contribution >= 0.6 is 0 Å². The number of amides is 1. The van der Waals surface area contributed by atoms with Crippen molar-refractivity contribution in [2.45, 2.75) is 19.9 Å². The quantitative estimate of drug-likeness (QED) is 0.771. The molecule has 0 saturated carbocycles. The van der Waals surface area contributed by atoms with Gasteiger partial charge in [-0.2, -0.15) is 5.10 Å². The van der Waals surface area contributed by atoms with Crippen LogP contribution in [0.2, 0.25) is 0 Å². The summed E-state index contributed by atoms with van der Waals surface area (Å²) in [5.41, 5.74) is 8.23. The SMILES string of the molecule is CCc1c(N)c(NC=O)nn1Cc1ccccn1. The van der Waals surface area contributed by atoms with Gasteiger partial charge in [-0.05, 0) is 18.6 Å². The van der Waals surface area contributed by atoms with Gasteiger partial charge in [0.15, 0.2) is 5.82 Å². The van der Waals surface area contributed by atoms with Crippen molar-refractivity contribution in [1.82, 2.24) is 14.8 Å². The van der Waals surface area contributed by atoms with Gasteiger partial charge in [-0.3, -0.25) is 14.5 Å². The summed E-state index contributed by atoms with van der Waals surface area (Å²) in [7, 11) is 0. The first-order chi connectivity index (χ1) is 8.76.